The van der Waals surface area contributed by atoms with Crippen molar-refractivity contribution >= 4 is 23.6 Å². The number of amides is 4. The van der Waals surface area contributed by atoms with Gasteiger partial charge in [-0.3, -0.25) is 29.0 Å². The fourth-order valence-corrected chi connectivity index (χ4v) is 8.21. The van der Waals surface area contributed by atoms with Crippen LogP contribution >= 0.6 is 0 Å². The Morgan fingerprint density at radius 2 is 1.20 bits per heavy atom. The quantitative estimate of drug-likeness (QED) is 0.266. The molecule has 4 amide bonds. The Morgan fingerprint density at radius 3 is 1.76 bits per heavy atom. The molecule has 6 unspecified atom stereocenters. The first-order valence-electron chi connectivity index (χ1n) is 15.9. The molecule has 9 heteroatoms. The normalized spacial score (nSPS) is 27.0. The van der Waals surface area contributed by atoms with Crippen LogP contribution < -0.4 is 0 Å². The molecule has 3 aromatic rings. The van der Waals surface area contributed by atoms with Crippen molar-refractivity contribution in [3.05, 3.63) is 101 Å². The number of allylic oxidation sites excluding steroid dienone is 2. The van der Waals surface area contributed by atoms with E-state index < -0.39 is 29.6 Å². The number of phenolic OH excluding ortho intramolecular Hbond substituents is 3. The molecule has 7 rings (SSSR count). The summed E-state index contributed by atoms with van der Waals surface area (Å²) in [6.07, 6.45) is 3.64. The molecule has 1 saturated carbocycles. The molecular weight excluding hydrogens is 584 g/mol. The third-order valence-corrected chi connectivity index (χ3v) is 10.5. The van der Waals surface area contributed by atoms with Gasteiger partial charge in [-0.1, -0.05) is 48.0 Å². The van der Waals surface area contributed by atoms with E-state index in [0.29, 0.717) is 31.2 Å². The molecule has 0 spiro atoms. The van der Waals surface area contributed by atoms with Crippen molar-refractivity contribution in [1.29, 1.82) is 0 Å². The van der Waals surface area contributed by atoms with E-state index in [9.17, 15) is 34.5 Å². The van der Waals surface area contributed by atoms with Gasteiger partial charge in [-0.05, 0) is 91.1 Å². The van der Waals surface area contributed by atoms with Crippen LogP contribution in [0.5, 0.6) is 17.2 Å². The highest BCUT2D eigenvalue weighted by atomic mass is 16.3. The van der Waals surface area contributed by atoms with E-state index in [0.717, 1.165) is 22.3 Å². The number of likely N-dealkylation sites (tertiary alicyclic amines) is 2. The van der Waals surface area contributed by atoms with Gasteiger partial charge in [0.2, 0.25) is 23.6 Å². The largest absolute Gasteiger partial charge is 0.508 e. The Balaban J connectivity index is 1.20. The monoisotopic (exact) mass is 620 g/mol. The van der Waals surface area contributed by atoms with Gasteiger partial charge in [-0.2, -0.15) is 0 Å². The van der Waals surface area contributed by atoms with E-state index >= 15 is 0 Å². The summed E-state index contributed by atoms with van der Waals surface area (Å²) in [6.45, 7) is 2.22. The Hall–Kier alpha value is -4.92. The predicted molar refractivity (Wildman–Crippen MR) is 167 cm³/mol. The van der Waals surface area contributed by atoms with Crippen LogP contribution in [0.3, 0.4) is 0 Å². The van der Waals surface area contributed by atoms with Gasteiger partial charge in [0.05, 0.1) is 23.7 Å². The molecule has 9 nitrogen and oxygen atoms in total. The third-order valence-electron chi connectivity index (χ3n) is 10.5. The second-order valence-electron chi connectivity index (χ2n) is 13.1. The maximum Gasteiger partial charge on any atom is 0.234 e. The maximum atomic E-state index is 14.1. The summed E-state index contributed by atoms with van der Waals surface area (Å²) in [7, 11) is 0. The Labute approximate surface area is 266 Å². The van der Waals surface area contributed by atoms with E-state index in [2.05, 4.69) is 0 Å². The van der Waals surface area contributed by atoms with E-state index in [1.165, 1.54) is 9.80 Å². The number of aryl methyl sites for hydroxylation is 1. The van der Waals surface area contributed by atoms with Gasteiger partial charge in [0.1, 0.15) is 17.2 Å². The van der Waals surface area contributed by atoms with Crippen LogP contribution in [0, 0.1) is 36.5 Å². The highest BCUT2D eigenvalue weighted by molar-refractivity contribution is 6.08. The zero-order chi connectivity index (χ0) is 32.3. The number of rotatable bonds is 7. The van der Waals surface area contributed by atoms with Gasteiger partial charge in [0.25, 0.3) is 0 Å². The minimum absolute atomic E-state index is 0.135. The Kier molecular flexibility index (Phi) is 7.42. The second kappa shape index (κ2) is 11.5. The van der Waals surface area contributed by atoms with Gasteiger partial charge >= 0.3 is 0 Å². The summed E-state index contributed by atoms with van der Waals surface area (Å²) in [5.41, 5.74) is 4.18. The van der Waals surface area contributed by atoms with Gasteiger partial charge in [-0.25, -0.2) is 0 Å². The molecule has 2 saturated heterocycles. The van der Waals surface area contributed by atoms with Gasteiger partial charge in [0, 0.05) is 19.0 Å². The van der Waals surface area contributed by atoms with Crippen LogP contribution in [0.15, 0.2) is 78.4 Å². The topological polar surface area (TPSA) is 135 Å². The molecule has 0 aromatic heterocycles. The predicted octanol–water partition coefficient (Wildman–Crippen LogP) is 4.23. The molecule has 4 aliphatic rings. The molecule has 2 aliphatic heterocycles. The van der Waals surface area contributed by atoms with Crippen LogP contribution in [0.2, 0.25) is 0 Å². The lowest BCUT2D eigenvalue weighted by atomic mass is 9.57. The van der Waals surface area contributed by atoms with Crippen LogP contribution in [0.1, 0.15) is 41.0 Å². The molecule has 2 aliphatic carbocycles. The van der Waals surface area contributed by atoms with E-state index in [-0.39, 0.29) is 59.9 Å². The van der Waals surface area contributed by atoms with Crippen LogP contribution in [0.25, 0.3) is 0 Å². The molecule has 236 valence electrons. The van der Waals surface area contributed by atoms with Crippen molar-refractivity contribution in [3.63, 3.8) is 0 Å². The molecular formula is C37H36N2O7. The number of nitrogens with zero attached hydrogens (tertiary/aromatic N) is 2. The van der Waals surface area contributed by atoms with Crippen molar-refractivity contribution in [2.45, 2.75) is 38.5 Å². The first-order chi connectivity index (χ1) is 22.1. The summed E-state index contributed by atoms with van der Waals surface area (Å²) in [4.78, 5) is 58.5. The van der Waals surface area contributed by atoms with Crippen LogP contribution in [-0.2, 0) is 32.0 Å². The minimum Gasteiger partial charge on any atom is -0.508 e. The van der Waals surface area contributed by atoms with E-state index in [1.54, 1.807) is 67.6 Å². The molecule has 3 N–H and O–H groups in total. The van der Waals surface area contributed by atoms with E-state index in [1.807, 2.05) is 12.1 Å². The summed E-state index contributed by atoms with van der Waals surface area (Å²) in [5.74, 6) is -3.75. The lowest BCUT2D eigenvalue weighted by Crippen LogP contribution is -2.43. The lowest BCUT2D eigenvalue weighted by molar-refractivity contribution is -0.142. The van der Waals surface area contributed by atoms with Crippen molar-refractivity contribution in [1.82, 2.24) is 9.80 Å². The van der Waals surface area contributed by atoms with E-state index in [4.69, 9.17) is 0 Å². The Bertz CT molecular complexity index is 1760. The number of carbonyl (C=O) groups is 4. The number of hydrogen-bond donors (Lipinski definition) is 3. The zero-order valence-corrected chi connectivity index (χ0v) is 25.5. The number of aromatic hydroxyl groups is 3. The zero-order valence-electron chi connectivity index (χ0n) is 25.5. The number of carbonyl (C=O) groups excluding carboxylic acids is 4. The second-order valence-corrected chi connectivity index (χ2v) is 13.1. The molecule has 3 fully saturated rings. The first-order valence-corrected chi connectivity index (χ1v) is 15.9. The number of phenols is 3. The maximum absolute atomic E-state index is 14.1. The van der Waals surface area contributed by atoms with Gasteiger partial charge in [-0.15, -0.1) is 0 Å². The molecule has 6 atom stereocenters. The summed E-state index contributed by atoms with van der Waals surface area (Å²) < 4.78 is 0. The first kappa shape index (κ1) is 29.8. The highest BCUT2D eigenvalue weighted by Crippen LogP contribution is 2.58. The van der Waals surface area contributed by atoms with Crippen molar-refractivity contribution in [2.24, 2.45) is 29.6 Å². The van der Waals surface area contributed by atoms with Crippen LogP contribution in [0.4, 0.5) is 0 Å². The third kappa shape index (κ3) is 4.94. The molecule has 2 heterocycles. The fourth-order valence-electron chi connectivity index (χ4n) is 8.21. The summed E-state index contributed by atoms with van der Waals surface area (Å²) >= 11 is 0. The fraction of sp³-hybridized carbons (Fsp3) is 0.351. The average Bonchev–Trinajstić information content (AvgIpc) is 3.44. The number of hydrogen-bond acceptors (Lipinski definition) is 7. The number of imide groups is 2. The van der Waals surface area contributed by atoms with Crippen molar-refractivity contribution in [2.75, 3.05) is 13.1 Å². The Morgan fingerprint density at radius 1 is 0.652 bits per heavy atom. The average molecular weight is 621 g/mol. The highest BCUT2D eigenvalue weighted by Gasteiger charge is 2.61. The van der Waals surface area contributed by atoms with Gasteiger partial charge in [0.15, 0.2) is 0 Å². The molecule has 46 heavy (non-hydrogen) atoms. The standard InChI is InChI=1S/C37H36N2O7/c1-20-18-23(6-13-30(20)42)31-26-11-12-27-32(36(45)38(34(27)43)16-14-21-2-7-24(40)8-3-21)28(26)19-29-33(31)37(46)39(35(29)44)17-15-22-4-9-25(41)10-5-22/h2-11,13,18,27-29,31-33,40-42H,12,14-17,19H2,1H3. The molecule has 0 bridgehead atoms. The SMILES string of the molecule is Cc1cc(C2C3=CCC4C(=O)N(CCc5ccc(O)cc5)C(=O)C4C3CC3C(=O)N(CCc4ccc(O)cc4)C(=O)C32)ccc1O. The molecule has 3 aromatic carbocycles. The minimum atomic E-state index is -0.645. The number of fused-ring (bicyclic) bond motifs is 4. The van der Waals surface area contributed by atoms with Gasteiger partial charge < -0.3 is 15.3 Å². The summed E-state index contributed by atoms with van der Waals surface area (Å²) in [6, 6.07) is 18.7. The van der Waals surface area contributed by atoms with Crippen molar-refractivity contribution < 1.29 is 34.5 Å². The van der Waals surface area contributed by atoms with Crippen molar-refractivity contribution in [3.8, 4) is 17.2 Å². The number of benzene rings is 3. The van der Waals surface area contributed by atoms with Crippen LogP contribution in [-0.4, -0.2) is 61.8 Å². The smallest absolute Gasteiger partial charge is 0.234 e. The lowest BCUT2D eigenvalue weighted by Gasteiger charge is -2.44. The summed E-state index contributed by atoms with van der Waals surface area (Å²) in [5, 5.41) is 29.6. The molecule has 0 radical (unpaired) electrons.